The van der Waals surface area contributed by atoms with E-state index in [1.807, 2.05) is 13.0 Å². The third-order valence-electron chi connectivity index (χ3n) is 2.93. The lowest BCUT2D eigenvalue weighted by atomic mass is 10.1. The minimum atomic E-state index is -0.482. The number of phenols is 2. The fourth-order valence-corrected chi connectivity index (χ4v) is 2.29. The molecule has 0 aromatic heterocycles. The first-order valence-electron chi connectivity index (χ1n) is 6.12. The summed E-state index contributed by atoms with van der Waals surface area (Å²) in [6, 6.07) is 8.94. The van der Waals surface area contributed by atoms with E-state index in [0.717, 1.165) is 11.6 Å². The maximum atomic E-state index is 12.2. The predicted molar refractivity (Wildman–Crippen MR) is 84.8 cm³/mol. The SMILES string of the molecule is Cc1cccc(NC(=O)c2cc(O)cc(O)c2)c1C(N)=S. The van der Waals surface area contributed by atoms with Gasteiger partial charge in [0.1, 0.15) is 16.5 Å². The highest BCUT2D eigenvalue weighted by molar-refractivity contribution is 7.80. The molecule has 0 saturated heterocycles. The van der Waals surface area contributed by atoms with Crippen molar-refractivity contribution in [1.82, 2.24) is 0 Å². The molecule has 0 heterocycles. The highest BCUT2D eigenvalue weighted by Crippen LogP contribution is 2.23. The van der Waals surface area contributed by atoms with Crippen molar-refractivity contribution in [3.05, 3.63) is 53.1 Å². The van der Waals surface area contributed by atoms with E-state index in [0.29, 0.717) is 11.3 Å². The van der Waals surface area contributed by atoms with Crippen LogP contribution in [0.2, 0.25) is 0 Å². The Bertz CT molecular complexity index is 709. The van der Waals surface area contributed by atoms with E-state index in [9.17, 15) is 15.0 Å². The van der Waals surface area contributed by atoms with Crippen LogP contribution < -0.4 is 11.1 Å². The van der Waals surface area contributed by atoms with Gasteiger partial charge in [-0.25, -0.2) is 0 Å². The topological polar surface area (TPSA) is 95.6 Å². The maximum Gasteiger partial charge on any atom is 0.255 e. The summed E-state index contributed by atoms with van der Waals surface area (Å²) < 4.78 is 0. The first kappa shape index (κ1) is 14.8. The number of amides is 1. The molecule has 0 aliphatic carbocycles. The molecule has 6 heteroatoms. The Morgan fingerprint density at radius 2 is 1.81 bits per heavy atom. The molecule has 0 radical (unpaired) electrons. The van der Waals surface area contributed by atoms with Gasteiger partial charge in [0.15, 0.2) is 0 Å². The molecule has 2 aromatic carbocycles. The molecule has 0 unspecified atom stereocenters. The quantitative estimate of drug-likeness (QED) is 0.652. The van der Waals surface area contributed by atoms with Crippen LogP contribution in [0, 0.1) is 6.92 Å². The van der Waals surface area contributed by atoms with Crippen LogP contribution in [-0.2, 0) is 0 Å². The Hall–Kier alpha value is -2.60. The van der Waals surface area contributed by atoms with Gasteiger partial charge < -0.3 is 21.3 Å². The van der Waals surface area contributed by atoms with Crippen LogP contribution in [0.5, 0.6) is 11.5 Å². The first-order valence-corrected chi connectivity index (χ1v) is 6.53. The summed E-state index contributed by atoms with van der Waals surface area (Å²) >= 11 is 4.99. The number of carbonyl (C=O) groups is 1. The van der Waals surface area contributed by atoms with Crippen LogP contribution in [0.4, 0.5) is 5.69 Å². The highest BCUT2D eigenvalue weighted by atomic mass is 32.1. The Balaban J connectivity index is 2.36. The smallest absolute Gasteiger partial charge is 0.255 e. The van der Waals surface area contributed by atoms with Crippen LogP contribution in [0.1, 0.15) is 21.5 Å². The molecule has 0 bridgehead atoms. The molecule has 0 aliphatic heterocycles. The Morgan fingerprint density at radius 1 is 1.19 bits per heavy atom. The third kappa shape index (κ3) is 3.29. The number of thiocarbonyl (C=S) groups is 1. The minimum absolute atomic E-state index is 0.128. The number of anilines is 1. The number of rotatable bonds is 3. The van der Waals surface area contributed by atoms with E-state index in [-0.39, 0.29) is 22.1 Å². The first-order chi connectivity index (χ1) is 9.88. The summed E-state index contributed by atoms with van der Waals surface area (Å²) in [7, 11) is 0. The second-order valence-electron chi connectivity index (χ2n) is 4.55. The monoisotopic (exact) mass is 302 g/mol. The van der Waals surface area contributed by atoms with Gasteiger partial charge in [-0.1, -0.05) is 24.4 Å². The number of hydrogen-bond donors (Lipinski definition) is 4. The second-order valence-corrected chi connectivity index (χ2v) is 4.99. The molecule has 5 N–H and O–H groups in total. The summed E-state index contributed by atoms with van der Waals surface area (Å²) in [6.45, 7) is 1.84. The predicted octanol–water partition coefficient (Wildman–Crippen LogP) is 2.29. The lowest BCUT2D eigenvalue weighted by Gasteiger charge is -2.12. The zero-order valence-corrected chi connectivity index (χ0v) is 12.1. The largest absolute Gasteiger partial charge is 0.508 e. The number of carbonyl (C=O) groups excluding carboxylic acids is 1. The average Bonchev–Trinajstić information content (AvgIpc) is 2.37. The summed E-state index contributed by atoms with van der Waals surface area (Å²) in [5.74, 6) is -0.873. The molecule has 5 nitrogen and oxygen atoms in total. The molecule has 2 aromatic rings. The van der Waals surface area contributed by atoms with Crippen molar-refractivity contribution in [3.63, 3.8) is 0 Å². The fourth-order valence-electron chi connectivity index (χ4n) is 2.02. The third-order valence-corrected chi connectivity index (χ3v) is 3.14. The van der Waals surface area contributed by atoms with Gasteiger partial charge in [-0.3, -0.25) is 4.79 Å². The second kappa shape index (κ2) is 5.80. The lowest BCUT2D eigenvalue weighted by Crippen LogP contribution is -2.18. The van der Waals surface area contributed by atoms with Gasteiger partial charge in [0, 0.05) is 17.2 Å². The molecule has 0 atom stereocenters. The van der Waals surface area contributed by atoms with Crippen molar-refractivity contribution in [2.45, 2.75) is 6.92 Å². The Kier molecular flexibility index (Phi) is 4.09. The van der Waals surface area contributed by atoms with Gasteiger partial charge in [0.2, 0.25) is 0 Å². The number of hydrogen-bond acceptors (Lipinski definition) is 4. The van der Waals surface area contributed by atoms with Crippen molar-refractivity contribution in [2.24, 2.45) is 5.73 Å². The van der Waals surface area contributed by atoms with Gasteiger partial charge in [-0.05, 0) is 30.7 Å². The summed E-state index contributed by atoms with van der Waals surface area (Å²) in [5.41, 5.74) is 7.72. The molecule has 2 rings (SSSR count). The number of benzene rings is 2. The molecule has 0 saturated carbocycles. The van der Waals surface area contributed by atoms with Crippen LogP contribution in [0.25, 0.3) is 0 Å². The van der Waals surface area contributed by atoms with E-state index in [1.165, 1.54) is 12.1 Å². The van der Waals surface area contributed by atoms with Crippen LogP contribution in [-0.4, -0.2) is 21.1 Å². The van der Waals surface area contributed by atoms with Crippen molar-refractivity contribution in [2.75, 3.05) is 5.32 Å². The number of aryl methyl sites for hydroxylation is 1. The van der Waals surface area contributed by atoms with E-state index < -0.39 is 5.91 Å². The molecule has 1 amide bonds. The lowest BCUT2D eigenvalue weighted by molar-refractivity contribution is 0.102. The average molecular weight is 302 g/mol. The van der Waals surface area contributed by atoms with Crippen LogP contribution >= 0.6 is 12.2 Å². The number of nitrogens with one attached hydrogen (secondary N) is 1. The van der Waals surface area contributed by atoms with E-state index in [2.05, 4.69) is 5.32 Å². The number of phenolic OH excluding ortho intramolecular Hbond substituents is 2. The molecule has 0 spiro atoms. The zero-order valence-electron chi connectivity index (χ0n) is 11.3. The molecular weight excluding hydrogens is 288 g/mol. The molecule has 0 aliphatic rings. The Morgan fingerprint density at radius 3 is 2.38 bits per heavy atom. The highest BCUT2D eigenvalue weighted by Gasteiger charge is 2.13. The summed E-state index contributed by atoms with van der Waals surface area (Å²) in [6.07, 6.45) is 0. The van der Waals surface area contributed by atoms with E-state index in [4.69, 9.17) is 18.0 Å². The molecule has 108 valence electrons. The zero-order chi connectivity index (χ0) is 15.6. The van der Waals surface area contributed by atoms with Gasteiger partial charge in [0.25, 0.3) is 5.91 Å². The standard InChI is InChI=1S/C15H14N2O3S/c1-8-3-2-4-12(13(8)14(16)21)17-15(20)9-5-10(18)7-11(19)6-9/h2-7,18-19H,1H3,(H2,16,21)(H,17,20). The molecule has 0 fully saturated rings. The van der Waals surface area contributed by atoms with Gasteiger partial charge >= 0.3 is 0 Å². The number of aromatic hydroxyl groups is 2. The Labute approximate surface area is 127 Å². The van der Waals surface area contributed by atoms with Gasteiger partial charge in [-0.15, -0.1) is 0 Å². The van der Waals surface area contributed by atoms with Crippen molar-refractivity contribution >= 4 is 28.8 Å². The fraction of sp³-hybridized carbons (Fsp3) is 0.0667. The molecule has 21 heavy (non-hydrogen) atoms. The summed E-state index contributed by atoms with van der Waals surface area (Å²) in [5, 5.41) is 21.5. The van der Waals surface area contributed by atoms with Crippen molar-refractivity contribution in [1.29, 1.82) is 0 Å². The molecular formula is C15H14N2O3S. The van der Waals surface area contributed by atoms with Crippen molar-refractivity contribution < 1.29 is 15.0 Å². The number of nitrogens with two attached hydrogens (primary N) is 1. The van der Waals surface area contributed by atoms with E-state index in [1.54, 1.807) is 12.1 Å². The van der Waals surface area contributed by atoms with Gasteiger partial charge in [-0.2, -0.15) is 0 Å². The van der Waals surface area contributed by atoms with E-state index >= 15 is 0 Å². The van der Waals surface area contributed by atoms with Gasteiger partial charge in [0.05, 0.1) is 5.69 Å². The minimum Gasteiger partial charge on any atom is -0.508 e. The van der Waals surface area contributed by atoms with Crippen molar-refractivity contribution in [3.8, 4) is 11.5 Å². The van der Waals surface area contributed by atoms with Crippen LogP contribution in [0.15, 0.2) is 36.4 Å². The maximum absolute atomic E-state index is 12.2. The van der Waals surface area contributed by atoms with Crippen LogP contribution in [0.3, 0.4) is 0 Å². The normalized spacial score (nSPS) is 10.1. The summed E-state index contributed by atoms with van der Waals surface area (Å²) in [4.78, 5) is 12.4.